The summed E-state index contributed by atoms with van der Waals surface area (Å²) in [6.45, 7) is 0.256. The number of carbonyl (C=O) groups excluding carboxylic acids is 1. The number of likely N-dealkylation sites (N-methyl/N-ethyl adjacent to an activating group) is 1. The number of benzene rings is 1. The molecule has 1 aliphatic rings. The quantitative estimate of drug-likeness (QED) is 0.829. The van der Waals surface area contributed by atoms with Gasteiger partial charge in [0.05, 0.1) is 5.83 Å². The van der Waals surface area contributed by atoms with Gasteiger partial charge in [0, 0.05) is 7.05 Å². The molecule has 1 atom stereocenters. The van der Waals surface area contributed by atoms with Crippen LogP contribution < -0.4 is 10.5 Å². The first-order valence-corrected chi connectivity index (χ1v) is 7.28. The van der Waals surface area contributed by atoms with Crippen molar-refractivity contribution in [2.24, 2.45) is 10.7 Å². The first kappa shape index (κ1) is 17.8. The van der Waals surface area contributed by atoms with Crippen molar-refractivity contribution >= 4 is 11.9 Å². The van der Waals surface area contributed by atoms with Crippen LogP contribution in [-0.2, 0) is 10.3 Å². The highest BCUT2D eigenvalue weighted by molar-refractivity contribution is 6.06. The van der Waals surface area contributed by atoms with Crippen molar-refractivity contribution in [3.8, 4) is 5.75 Å². The van der Waals surface area contributed by atoms with Gasteiger partial charge in [-0.15, -0.1) is 0 Å². The fraction of sp³-hybridized carbons (Fsp3) is 0.375. The summed E-state index contributed by atoms with van der Waals surface area (Å²) in [5, 5.41) is 0. The maximum absolute atomic E-state index is 12.9. The zero-order valence-corrected chi connectivity index (χ0v) is 13.1. The third kappa shape index (κ3) is 3.52. The lowest BCUT2D eigenvalue weighted by Crippen LogP contribution is -2.40. The molecule has 1 unspecified atom stereocenters. The van der Waals surface area contributed by atoms with Crippen LogP contribution in [0, 0.1) is 0 Å². The second-order valence-corrected chi connectivity index (χ2v) is 5.47. The van der Waals surface area contributed by atoms with Crippen molar-refractivity contribution in [1.82, 2.24) is 4.90 Å². The van der Waals surface area contributed by atoms with Crippen LogP contribution in [-0.4, -0.2) is 30.4 Å². The number of aliphatic imine (C=N–C) groups is 1. The van der Waals surface area contributed by atoms with Gasteiger partial charge >= 0.3 is 6.61 Å². The molecule has 0 spiro atoms. The molecular formula is C16H18F3N3O2. The molecule has 0 saturated carbocycles. The van der Waals surface area contributed by atoms with Gasteiger partial charge in [-0.2, -0.15) is 8.78 Å². The summed E-state index contributed by atoms with van der Waals surface area (Å²) in [7, 11) is 1.49. The molecule has 1 aromatic rings. The molecule has 1 amide bonds. The number of hydrogen-bond donors (Lipinski definition) is 1. The Morgan fingerprint density at radius 3 is 2.50 bits per heavy atom. The van der Waals surface area contributed by atoms with E-state index in [9.17, 15) is 18.0 Å². The van der Waals surface area contributed by atoms with Gasteiger partial charge in [0.15, 0.2) is 11.5 Å². The van der Waals surface area contributed by atoms with Gasteiger partial charge < -0.3 is 10.5 Å². The molecule has 0 fully saturated rings. The monoisotopic (exact) mass is 341 g/mol. The molecule has 0 aromatic heterocycles. The zero-order valence-electron chi connectivity index (χ0n) is 13.1. The van der Waals surface area contributed by atoms with E-state index in [1.165, 1.54) is 36.2 Å². The Labute approximate surface area is 137 Å². The summed E-state index contributed by atoms with van der Waals surface area (Å²) < 4.78 is 41.7. The van der Waals surface area contributed by atoms with Gasteiger partial charge in [0.25, 0.3) is 5.91 Å². The second-order valence-electron chi connectivity index (χ2n) is 5.47. The lowest BCUT2D eigenvalue weighted by Gasteiger charge is -2.25. The van der Waals surface area contributed by atoms with Gasteiger partial charge in [0.2, 0.25) is 0 Å². The minimum Gasteiger partial charge on any atom is -0.435 e. The summed E-state index contributed by atoms with van der Waals surface area (Å²) in [5.74, 6) is -0.822. The first-order valence-electron chi connectivity index (χ1n) is 7.28. The van der Waals surface area contributed by atoms with E-state index in [-0.39, 0.29) is 30.5 Å². The predicted octanol–water partition coefficient (Wildman–Crippen LogP) is 2.92. The first-order chi connectivity index (χ1) is 11.3. The number of hydrogen-bond acceptors (Lipinski definition) is 4. The third-order valence-electron chi connectivity index (χ3n) is 3.85. The van der Waals surface area contributed by atoms with E-state index in [2.05, 4.69) is 16.3 Å². The van der Waals surface area contributed by atoms with Crippen LogP contribution in [0.5, 0.6) is 5.75 Å². The minimum absolute atomic E-state index is 0.0308. The van der Waals surface area contributed by atoms with E-state index in [4.69, 9.17) is 5.73 Å². The fourth-order valence-corrected chi connectivity index (χ4v) is 2.64. The minimum atomic E-state index is -2.94. The topological polar surface area (TPSA) is 67.9 Å². The summed E-state index contributed by atoms with van der Waals surface area (Å²) in [4.78, 5) is 18.1. The Kier molecular flexibility index (Phi) is 5.16. The number of amides is 1. The largest absolute Gasteiger partial charge is 0.435 e. The summed E-state index contributed by atoms with van der Waals surface area (Å²) in [6.07, 6.45) is 0.649. The SMILES string of the molecule is C=C(F)CCCC1(c2ccc(OC(F)F)cc2)N=C(N)N(C)C1=O. The Hall–Kier alpha value is -2.51. The van der Waals surface area contributed by atoms with Crippen LogP contribution in [0.2, 0.25) is 0 Å². The van der Waals surface area contributed by atoms with E-state index in [1.807, 2.05) is 0 Å². The van der Waals surface area contributed by atoms with Crippen LogP contribution in [0.3, 0.4) is 0 Å². The van der Waals surface area contributed by atoms with Crippen LogP contribution >= 0.6 is 0 Å². The van der Waals surface area contributed by atoms with E-state index in [0.29, 0.717) is 12.0 Å². The van der Waals surface area contributed by atoms with E-state index in [1.54, 1.807) is 0 Å². The molecule has 0 radical (unpaired) electrons. The van der Waals surface area contributed by atoms with Crippen LogP contribution in [0.25, 0.3) is 0 Å². The van der Waals surface area contributed by atoms with Crippen LogP contribution in [0.15, 0.2) is 41.7 Å². The maximum atomic E-state index is 12.9. The van der Waals surface area contributed by atoms with Gasteiger partial charge in [0.1, 0.15) is 5.75 Å². The molecule has 5 nitrogen and oxygen atoms in total. The Bertz CT molecular complexity index is 661. The Morgan fingerprint density at radius 2 is 2.04 bits per heavy atom. The molecule has 2 rings (SSSR count). The molecule has 1 aromatic carbocycles. The molecule has 0 bridgehead atoms. The van der Waals surface area contributed by atoms with Gasteiger partial charge in [-0.25, -0.2) is 9.38 Å². The van der Waals surface area contributed by atoms with Crippen molar-refractivity contribution in [1.29, 1.82) is 0 Å². The maximum Gasteiger partial charge on any atom is 0.387 e. The molecule has 1 aliphatic heterocycles. The molecule has 8 heteroatoms. The molecule has 130 valence electrons. The third-order valence-corrected chi connectivity index (χ3v) is 3.85. The van der Waals surface area contributed by atoms with Crippen LogP contribution in [0.1, 0.15) is 24.8 Å². The number of ether oxygens (including phenoxy) is 1. The summed E-state index contributed by atoms with van der Waals surface area (Å²) in [5.41, 5.74) is 4.93. The van der Waals surface area contributed by atoms with Crippen molar-refractivity contribution in [3.63, 3.8) is 0 Å². The number of alkyl halides is 2. The lowest BCUT2D eigenvalue weighted by atomic mass is 9.85. The lowest BCUT2D eigenvalue weighted by molar-refractivity contribution is -0.130. The number of rotatable bonds is 7. The molecule has 1 heterocycles. The Balaban J connectivity index is 2.33. The number of guanidine groups is 1. The number of halogens is 3. The highest BCUT2D eigenvalue weighted by Gasteiger charge is 2.47. The normalized spacial score (nSPS) is 20.5. The van der Waals surface area contributed by atoms with Crippen molar-refractivity contribution in [3.05, 3.63) is 42.2 Å². The highest BCUT2D eigenvalue weighted by atomic mass is 19.3. The second kappa shape index (κ2) is 6.94. The average Bonchev–Trinajstić information content (AvgIpc) is 2.72. The molecule has 0 aliphatic carbocycles. The standard InChI is InChI=1S/C16H18F3N3O2/c1-10(17)4-3-9-16(13(23)22(2)15(20)21-16)11-5-7-12(8-6-11)24-14(18)19/h5-8,14H,1,3-4,9H2,2H3,(H2,20,21). The van der Waals surface area contributed by atoms with Gasteiger partial charge in [-0.1, -0.05) is 18.7 Å². The fourth-order valence-electron chi connectivity index (χ4n) is 2.64. The zero-order chi connectivity index (χ0) is 17.9. The van der Waals surface area contributed by atoms with Crippen molar-refractivity contribution in [2.75, 3.05) is 7.05 Å². The predicted molar refractivity (Wildman–Crippen MR) is 83.2 cm³/mol. The van der Waals surface area contributed by atoms with E-state index >= 15 is 0 Å². The van der Waals surface area contributed by atoms with Crippen molar-refractivity contribution < 1.29 is 22.7 Å². The van der Waals surface area contributed by atoms with E-state index < -0.39 is 18.0 Å². The highest BCUT2D eigenvalue weighted by Crippen LogP contribution is 2.38. The molecular weight excluding hydrogens is 323 g/mol. The molecule has 24 heavy (non-hydrogen) atoms. The Morgan fingerprint density at radius 1 is 1.42 bits per heavy atom. The van der Waals surface area contributed by atoms with Crippen molar-refractivity contribution in [2.45, 2.75) is 31.4 Å². The number of nitrogens with zero attached hydrogens (tertiary/aromatic N) is 2. The van der Waals surface area contributed by atoms with Gasteiger partial charge in [-0.3, -0.25) is 9.69 Å². The summed E-state index contributed by atoms with van der Waals surface area (Å²) >= 11 is 0. The molecule has 0 saturated heterocycles. The number of carbonyl (C=O) groups is 1. The van der Waals surface area contributed by atoms with Gasteiger partial charge in [-0.05, 0) is 37.0 Å². The van der Waals surface area contributed by atoms with Crippen LogP contribution in [0.4, 0.5) is 13.2 Å². The summed E-state index contributed by atoms with van der Waals surface area (Å²) in [6, 6.07) is 5.62. The van der Waals surface area contributed by atoms with E-state index in [0.717, 1.165) is 0 Å². The average molecular weight is 341 g/mol. The number of nitrogens with two attached hydrogens (primary N) is 1. The smallest absolute Gasteiger partial charge is 0.387 e. The molecule has 2 N–H and O–H groups in total. The number of allylic oxidation sites excluding steroid dienone is 1.